The van der Waals surface area contributed by atoms with E-state index in [9.17, 15) is 0 Å². The summed E-state index contributed by atoms with van der Waals surface area (Å²) in [6, 6.07) is 4.44. The summed E-state index contributed by atoms with van der Waals surface area (Å²) < 4.78 is 0. The number of anilines is 1. The van der Waals surface area contributed by atoms with Gasteiger partial charge in [0, 0.05) is 0 Å². The molecule has 80 valence electrons. The summed E-state index contributed by atoms with van der Waals surface area (Å²) in [5, 5.41) is 25.9. The number of benzene rings is 1. The lowest BCUT2D eigenvalue weighted by molar-refractivity contribution is 0.0881. The van der Waals surface area contributed by atoms with Crippen LogP contribution in [0, 0.1) is 0 Å². The molecule has 0 saturated heterocycles. The maximum Gasteiger partial charge on any atom is 0.180 e. The molecule has 14 heavy (non-hydrogen) atoms. The molecule has 0 spiro atoms. The maximum absolute atomic E-state index is 8.83. The molecule has 0 fully saturated rings. The third-order valence-corrected chi connectivity index (χ3v) is 1.05. The third kappa shape index (κ3) is 6.10. The Morgan fingerprint density at radius 2 is 1.64 bits per heavy atom. The van der Waals surface area contributed by atoms with Crippen LogP contribution in [0.15, 0.2) is 18.2 Å². The molecule has 0 radical (unpaired) electrons. The highest BCUT2D eigenvalue weighted by molar-refractivity contribution is 5.58. The molecule has 1 aromatic rings. The van der Waals surface area contributed by atoms with Gasteiger partial charge >= 0.3 is 0 Å². The quantitative estimate of drug-likeness (QED) is 0.236. The molecule has 1 rings (SSSR count). The number of hydrogen-bond donors (Lipinski definition) is 5. The van der Waals surface area contributed by atoms with Gasteiger partial charge in [0.2, 0.25) is 0 Å². The average Bonchev–Trinajstić information content (AvgIpc) is 1.97. The SMILES string of the molecule is CC(C)(N)O.Nc1cccc(O)c1O. The summed E-state index contributed by atoms with van der Waals surface area (Å²) in [4.78, 5) is 0. The summed E-state index contributed by atoms with van der Waals surface area (Å²) in [5.41, 5.74) is 9.31. The number of nitrogens with two attached hydrogens (primary N) is 2. The van der Waals surface area contributed by atoms with Gasteiger partial charge in [0.15, 0.2) is 11.5 Å². The first-order valence-corrected chi connectivity index (χ1v) is 3.99. The zero-order chi connectivity index (χ0) is 11.4. The number of aliphatic hydroxyl groups is 1. The number of hydrogen-bond acceptors (Lipinski definition) is 5. The van der Waals surface area contributed by atoms with Crippen LogP contribution in [-0.4, -0.2) is 21.0 Å². The van der Waals surface area contributed by atoms with E-state index >= 15 is 0 Å². The van der Waals surface area contributed by atoms with Gasteiger partial charge < -0.3 is 26.8 Å². The minimum atomic E-state index is -1.00. The van der Waals surface area contributed by atoms with Crippen LogP contribution in [0.5, 0.6) is 11.5 Å². The topological polar surface area (TPSA) is 113 Å². The van der Waals surface area contributed by atoms with E-state index in [1.54, 1.807) is 6.07 Å². The first kappa shape index (κ1) is 12.5. The number of phenols is 2. The maximum atomic E-state index is 8.83. The third-order valence-electron chi connectivity index (χ3n) is 1.05. The summed E-state index contributed by atoms with van der Waals surface area (Å²) >= 11 is 0. The van der Waals surface area contributed by atoms with Gasteiger partial charge in [-0.25, -0.2) is 0 Å². The van der Waals surface area contributed by atoms with Gasteiger partial charge in [-0.3, -0.25) is 0 Å². The highest BCUT2D eigenvalue weighted by atomic mass is 16.3. The van der Waals surface area contributed by atoms with Crippen LogP contribution in [0.2, 0.25) is 0 Å². The Labute approximate surface area is 82.6 Å². The molecule has 0 aliphatic heterocycles. The standard InChI is InChI=1S/C6H7NO2.C3H9NO/c7-4-2-1-3-5(8)6(4)9;1-3(2,4)5/h1-3,8-9H,7H2;5H,4H2,1-2H3. The van der Waals surface area contributed by atoms with Gasteiger partial charge in [-0.2, -0.15) is 0 Å². The second-order valence-electron chi connectivity index (χ2n) is 3.37. The largest absolute Gasteiger partial charge is 0.504 e. The second kappa shape index (κ2) is 4.69. The van der Waals surface area contributed by atoms with Gasteiger partial charge in [-0.1, -0.05) is 6.07 Å². The Morgan fingerprint density at radius 3 is 1.93 bits per heavy atom. The van der Waals surface area contributed by atoms with Gasteiger partial charge in [0.25, 0.3) is 0 Å². The van der Waals surface area contributed by atoms with Crippen molar-refractivity contribution in [3.63, 3.8) is 0 Å². The highest BCUT2D eigenvalue weighted by Gasteiger charge is 1.99. The van der Waals surface area contributed by atoms with Crippen molar-refractivity contribution in [3.05, 3.63) is 18.2 Å². The van der Waals surface area contributed by atoms with Crippen LogP contribution < -0.4 is 11.5 Å². The lowest BCUT2D eigenvalue weighted by Crippen LogP contribution is -2.30. The predicted molar refractivity (Wildman–Crippen MR) is 54.7 cm³/mol. The van der Waals surface area contributed by atoms with E-state index < -0.39 is 5.72 Å². The fourth-order valence-corrected chi connectivity index (χ4v) is 0.549. The first-order valence-electron chi connectivity index (χ1n) is 3.99. The summed E-state index contributed by atoms with van der Waals surface area (Å²) in [6.07, 6.45) is 0. The van der Waals surface area contributed by atoms with Gasteiger partial charge in [0.1, 0.15) is 5.72 Å². The smallest absolute Gasteiger partial charge is 0.180 e. The van der Waals surface area contributed by atoms with Gasteiger partial charge in [-0.05, 0) is 26.0 Å². The molecule has 5 heteroatoms. The Balaban J connectivity index is 0.000000292. The fourth-order valence-electron chi connectivity index (χ4n) is 0.549. The van der Waals surface area contributed by atoms with Crippen molar-refractivity contribution in [2.24, 2.45) is 5.73 Å². The molecule has 0 saturated carbocycles. The molecule has 0 heterocycles. The van der Waals surface area contributed by atoms with Crippen molar-refractivity contribution in [2.75, 3.05) is 5.73 Å². The highest BCUT2D eigenvalue weighted by Crippen LogP contribution is 2.29. The minimum Gasteiger partial charge on any atom is -0.504 e. The Bertz CT molecular complexity index is 268. The number of phenolic OH excluding ortho intramolecular Hbond substituents is 2. The van der Waals surface area contributed by atoms with E-state index in [1.165, 1.54) is 26.0 Å². The second-order valence-corrected chi connectivity index (χ2v) is 3.37. The molecule has 0 amide bonds. The van der Waals surface area contributed by atoms with Crippen molar-refractivity contribution >= 4 is 5.69 Å². The van der Waals surface area contributed by atoms with Gasteiger partial charge in [0.05, 0.1) is 5.69 Å². The number of rotatable bonds is 0. The average molecular weight is 200 g/mol. The van der Waals surface area contributed by atoms with E-state index in [0.29, 0.717) is 0 Å². The van der Waals surface area contributed by atoms with E-state index in [2.05, 4.69) is 0 Å². The molecular weight excluding hydrogens is 184 g/mol. The lowest BCUT2D eigenvalue weighted by Gasteiger charge is -2.05. The van der Waals surface area contributed by atoms with Crippen LogP contribution >= 0.6 is 0 Å². The van der Waals surface area contributed by atoms with Gasteiger partial charge in [-0.15, -0.1) is 0 Å². The zero-order valence-corrected chi connectivity index (χ0v) is 8.23. The van der Waals surface area contributed by atoms with Crippen LogP contribution in [-0.2, 0) is 0 Å². The van der Waals surface area contributed by atoms with Crippen molar-refractivity contribution < 1.29 is 15.3 Å². The predicted octanol–water partition coefficient (Wildman–Crippen LogP) is 0.353. The Hall–Kier alpha value is -1.46. The minimum absolute atomic E-state index is 0.185. The summed E-state index contributed by atoms with van der Waals surface area (Å²) in [6.45, 7) is 3.04. The number of nitrogen functional groups attached to an aromatic ring is 1. The summed E-state index contributed by atoms with van der Waals surface area (Å²) in [5.74, 6) is -0.437. The molecule has 0 bridgehead atoms. The first-order chi connectivity index (χ1) is 6.22. The van der Waals surface area contributed by atoms with Crippen molar-refractivity contribution in [1.82, 2.24) is 0 Å². The molecule has 7 N–H and O–H groups in total. The number of aromatic hydroxyl groups is 2. The van der Waals surface area contributed by atoms with Crippen molar-refractivity contribution in [3.8, 4) is 11.5 Å². The molecule has 0 unspecified atom stereocenters. The van der Waals surface area contributed by atoms with Crippen LogP contribution in [0.25, 0.3) is 0 Å². The fraction of sp³-hybridized carbons (Fsp3) is 0.333. The molecule has 5 nitrogen and oxygen atoms in total. The number of para-hydroxylation sites is 1. The van der Waals surface area contributed by atoms with Crippen LogP contribution in [0.4, 0.5) is 5.69 Å². The van der Waals surface area contributed by atoms with E-state index in [4.69, 9.17) is 26.8 Å². The zero-order valence-electron chi connectivity index (χ0n) is 8.23. The van der Waals surface area contributed by atoms with Crippen molar-refractivity contribution in [2.45, 2.75) is 19.6 Å². The molecule has 0 atom stereocenters. The Kier molecular flexibility index (Phi) is 4.20. The van der Waals surface area contributed by atoms with Crippen molar-refractivity contribution in [1.29, 1.82) is 0 Å². The molecular formula is C9H16N2O3. The molecule has 0 aliphatic carbocycles. The van der Waals surface area contributed by atoms with E-state index in [-0.39, 0.29) is 17.2 Å². The normalized spacial score (nSPS) is 10.3. The molecule has 1 aromatic carbocycles. The molecule has 0 aromatic heterocycles. The summed E-state index contributed by atoms with van der Waals surface area (Å²) in [7, 11) is 0. The Morgan fingerprint density at radius 1 is 1.21 bits per heavy atom. The monoisotopic (exact) mass is 200 g/mol. The lowest BCUT2D eigenvalue weighted by atomic mass is 10.3. The van der Waals surface area contributed by atoms with Crippen LogP contribution in [0.1, 0.15) is 13.8 Å². The van der Waals surface area contributed by atoms with Crippen LogP contribution in [0.3, 0.4) is 0 Å². The van der Waals surface area contributed by atoms with E-state index in [0.717, 1.165) is 0 Å². The van der Waals surface area contributed by atoms with E-state index in [1.807, 2.05) is 0 Å². The molecule has 0 aliphatic rings.